The van der Waals surface area contributed by atoms with E-state index in [-0.39, 0.29) is 5.91 Å². The van der Waals surface area contributed by atoms with Gasteiger partial charge in [-0.2, -0.15) is 0 Å². The molecule has 0 aliphatic carbocycles. The number of carbonyl (C=O) groups excluding carboxylic acids is 1. The maximum absolute atomic E-state index is 11.9. The quantitative estimate of drug-likeness (QED) is 0.836. The van der Waals surface area contributed by atoms with Crippen molar-refractivity contribution in [3.8, 4) is 0 Å². The second kappa shape index (κ2) is 7.48. The normalized spacial score (nSPS) is 15.5. The number of nitrogens with one attached hydrogen (secondary N) is 1. The molecule has 19 heavy (non-hydrogen) atoms. The first-order valence-electron chi connectivity index (χ1n) is 6.56. The zero-order valence-corrected chi connectivity index (χ0v) is 11.7. The van der Waals surface area contributed by atoms with Crippen molar-refractivity contribution in [1.29, 1.82) is 0 Å². The number of halogens is 1. The molecular weight excluding hydrogens is 264 g/mol. The van der Waals surface area contributed by atoms with Gasteiger partial charge in [-0.1, -0.05) is 23.7 Å². The average Bonchev–Trinajstić information content (AvgIpc) is 2.46. The fraction of sp³-hybridized carbons (Fsp3) is 0.500. The molecule has 0 unspecified atom stereocenters. The van der Waals surface area contributed by atoms with Crippen LogP contribution < -0.4 is 5.32 Å². The third kappa shape index (κ3) is 4.82. The Hall–Kier alpha value is -1.10. The van der Waals surface area contributed by atoms with Crippen LogP contribution in [-0.4, -0.2) is 43.6 Å². The molecule has 0 saturated carbocycles. The Balaban J connectivity index is 1.63. The molecule has 4 nitrogen and oxygen atoms in total. The first-order chi connectivity index (χ1) is 9.25. The highest BCUT2D eigenvalue weighted by molar-refractivity contribution is 6.30. The maximum atomic E-state index is 11.9. The SMILES string of the molecule is O=C(CCOCc1ccc(Cl)cc1)N1CCNCC1. The van der Waals surface area contributed by atoms with Crippen LogP contribution in [-0.2, 0) is 16.1 Å². The van der Waals surface area contributed by atoms with Gasteiger partial charge in [0.15, 0.2) is 0 Å². The fourth-order valence-electron chi connectivity index (χ4n) is 2.00. The van der Waals surface area contributed by atoms with Gasteiger partial charge in [0.1, 0.15) is 0 Å². The predicted octanol–water partition coefficient (Wildman–Crippen LogP) is 1.68. The smallest absolute Gasteiger partial charge is 0.224 e. The molecule has 2 rings (SSSR count). The molecule has 1 heterocycles. The van der Waals surface area contributed by atoms with Crippen LogP contribution in [0, 0.1) is 0 Å². The average molecular weight is 283 g/mol. The van der Waals surface area contributed by atoms with E-state index in [0.717, 1.165) is 36.8 Å². The van der Waals surface area contributed by atoms with Crippen molar-refractivity contribution < 1.29 is 9.53 Å². The van der Waals surface area contributed by atoms with Crippen LogP contribution in [0.5, 0.6) is 0 Å². The highest BCUT2D eigenvalue weighted by Gasteiger charge is 2.15. The van der Waals surface area contributed by atoms with E-state index in [1.165, 1.54) is 0 Å². The predicted molar refractivity (Wildman–Crippen MR) is 75.2 cm³/mol. The van der Waals surface area contributed by atoms with E-state index in [1.807, 2.05) is 29.2 Å². The van der Waals surface area contributed by atoms with Crippen LogP contribution in [0.3, 0.4) is 0 Å². The Morgan fingerprint density at radius 2 is 1.95 bits per heavy atom. The second-order valence-corrected chi connectivity index (χ2v) is 5.00. The summed E-state index contributed by atoms with van der Waals surface area (Å²) in [7, 11) is 0. The Morgan fingerprint density at radius 3 is 2.63 bits per heavy atom. The summed E-state index contributed by atoms with van der Waals surface area (Å²) in [5.41, 5.74) is 1.07. The number of hydrogen-bond donors (Lipinski definition) is 1. The first-order valence-corrected chi connectivity index (χ1v) is 6.94. The summed E-state index contributed by atoms with van der Waals surface area (Å²) in [5.74, 6) is 0.178. The van der Waals surface area contributed by atoms with Crippen LogP contribution in [0.15, 0.2) is 24.3 Å². The van der Waals surface area contributed by atoms with Crippen molar-refractivity contribution in [3.63, 3.8) is 0 Å². The molecular formula is C14H19ClN2O2. The van der Waals surface area contributed by atoms with Gasteiger partial charge in [-0.25, -0.2) is 0 Å². The number of nitrogens with zero attached hydrogens (tertiary/aromatic N) is 1. The Bertz CT molecular complexity index is 402. The van der Waals surface area contributed by atoms with Gasteiger partial charge >= 0.3 is 0 Å². The van der Waals surface area contributed by atoms with Gasteiger partial charge in [-0.15, -0.1) is 0 Å². The molecule has 1 aromatic rings. The Kier molecular flexibility index (Phi) is 5.63. The molecule has 1 aliphatic rings. The van der Waals surface area contributed by atoms with Gasteiger partial charge < -0.3 is 15.0 Å². The highest BCUT2D eigenvalue weighted by Crippen LogP contribution is 2.10. The van der Waals surface area contributed by atoms with E-state index >= 15 is 0 Å². The molecule has 1 N–H and O–H groups in total. The van der Waals surface area contributed by atoms with Crippen molar-refractivity contribution in [2.45, 2.75) is 13.0 Å². The summed E-state index contributed by atoms with van der Waals surface area (Å²) in [5, 5.41) is 3.95. The Morgan fingerprint density at radius 1 is 1.26 bits per heavy atom. The van der Waals surface area contributed by atoms with Crippen LogP contribution in [0.2, 0.25) is 5.02 Å². The lowest BCUT2D eigenvalue weighted by Gasteiger charge is -2.27. The molecule has 0 radical (unpaired) electrons. The fourth-order valence-corrected chi connectivity index (χ4v) is 2.13. The topological polar surface area (TPSA) is 41.6 Å². The van der Waals surface area contributed by atoms with Crippen LogP contribution >= 0.6 is 11.6 Å². The summed E-state index contributed by atoms with van der Waals surface area (Å²) in [6.45, 7) is 4.36. The monoisotopic (exact) mass is 282 g/mol. The lowest BCUT2D eigenvalue weighted by Crippen LogP contribution is -2.46. The van der Waals surface area contributed by atoms with Crippen molar-refractivity contribution in [3.05, 3.63) is 34.9 Å². The maximum Gasteiger partial charge on any atom is 0.224 e. The third-order valence-electron chi connectivity index (χ3n) is 3.11. The third-order valence-corrected chi connectivity index (χ3v) is 3.36. The van der Waals surface area contributed by atoms with E-state index in [9.17, 15) is 4.79 Å². The van der Waals surface area contributed by atoms with Crippen molar-refractivity contribution in [2.24, 2.45) is 0 Å². The zero-order chi connectivity index (χ0) is 13.5. The number of hydrogen-bond acceptors (Lipinski definition) is 3. The second-order valence-electron chi connectivity index (χ2n) is 4.56. The number of rotatable bonds is 5. The van der Waals surface area contributed by atoms with Gasteiger partial charge in [0, 0.05) is 31.2 Å². The summed E-state index contributed by atoms with van der Waals surface area (Å²) in [6.07, 6.45) is 0.452. The number of ether oxygens (including phenoxy) is 1. The molecule has 1 saturated heterocycles. The molecule has 0 bridgehead atoms. The van der Waals surface area contributed by atoms with Gasteiger partial charge in [0.05, 0.1) is 19.6 Å². The largest absolute Gasteiger partial charge is 0.376 e. The first kappa shape index (κ1) is 14.3. The lowest BCUT2D eigenvalue weighted by atomic mass is 10.2. The van der Waals surface area contributed by atoms with E-state index in [1.54, 1.807) is 0 Å². The van der Waals surface area contributed by atoms with Crippen LogP contribution in [0.25, 0.3) is 0 Å². The van der Waals surface area contributed by atoms with Gasteiger partial charge in [-0.3, -0.25) is 4.79 Å². The molecule has 1 aliphatic heterocycles. The summed E-state index contributed by atoms with van der Waals surface area (Å²) < 4.78 is 5.51. The van der Waals surface area contributed by atoms with Gasteiger partial charge in [0.2, 0.25) is 5.91 Å². The molecule has 1 aromatic carbocycles. The summed E-state index contributed by atoms with van der Waals surface area (Å²) in [6, 6.07) is 7.54. The molecule has 1 fully saturated rings. The Labute approximate surface area is 118 Å². The van der Waals surface area contributed by atoms with Crippen molar-refractivity contribution in [1.82, 2.24) is 10.2 Å². The minimum atomic E-state index is 0.178. The van der Waals surface area contributed by atoms with E-state index in [2.05, 4.69) is 5.32 Å². The standard InChI is InChI=1S/C14H19ClN2O2/c15-13-3-1-12(2-4-13)11-19-10-5-14(18)17-8-6-16-7-9-17/h1-4,16H,5-11H2. The van der Waals surface area contributed by atoms with E-state index < -0.39 is 0 Å². The van der Waals surface area contributed by atoms with Crippen LogP contribution in [0.1, 0.15) is 12.0 Å². The molecule has 5 heteroatoms. The molecule has 0 spiro atoms. The van der Waals surface area contributed by atoms with E-state index in [0.29, 0.717) is 19.6 Å². The summed E-state index contributed by atoms with van der Waals surface area (Å²) >= 11 is 5.80. The minimum absolute atomic E-state index is 0.178. The minimum Gasteiger partial charge on any atom is -0.376 e. The zero-order valence-electron chi connectivity index (χ0n) is 10.9. The number of carbonyl (C=O) groups is 1. The molecule has 104 valence electrons. The number of amides is 1. The molecule has 0 atom stereocenters. The van der Waals surface area contributed by atoms with E-state index in [4.69, 9.17) is 16.3 Å². The van der Waals surface area contributed by atoms with Gasteiger partial charge in [-0.05, 0) is 17.7 Å². The highest BCUT2D eigenvalue weighted by atomic mass is 35.5. The van der Waals surface area contributed by atoms with Crippen LogP contribution in [0.4, 0.5) is 0 Å². The number of piperazine rings is 1. The summed E-state index contributed by atoms with van der Waals surface area (Å²) in [4.78, 5) is 13.7. The van der Waals surface area contributed by atoms with Crippen molar-refractivity contribution in [2.75, 3.05) is 32.8 Å². The molecule has 0 aromatic heterocycles. The molecule has 1 amide bonds. The van der Waals surface area contributed by atoms with Gasteiger partial charge in [0.25, 0.3) is 0 Å². The number of benzene rings is 1. The lowest BCUT2D eigenvalue weighted by molar-refractivity contribution is -0.133. The van der Waals surface area contributed by atoms with Crippen molar-refractivity contribution >= 4 is 17.5 Å².